The Morgan fingerprint density at radius 3 is 0.528 bits per heavy atom. The smallest absolute Gasteiger partial charge is 0 e. The van der Waals surface area contributed by atoms with Gasteiger partial charge in [0.2, 0.25) is 0 Å². The fraction of sp³-hybridized carbons (Fsp3) is 1.00. The summed E-state index contributed by atoms with van der Waals surface area (Å²) >= 11 is 8.17. The molecule has 36 heavy (non-hydrogen) atoms. The van der Waals surface area contributed by atoms with E-state index in [0.717, 1.165) is 0 Å². The summed E-state index contributed by atoms with van der Waals surface area (Å²) in [5, 5.41) is 0. The fourth-order valence-electron chi connectivity index (χ4n) is 2.73. The van der Waals surface area contributed by atoms with E-state index in [4.69, 9.17) is 0 Å². The van der Waals surface area contributed by atoms with Gasteiger partial charge in [-0.25, -0.2) is 0 Å². The first kappa shape index (κ1) is 51.8. The molecule has 0 aliphatic heterocycles. The number of hydrogen-bond acceptors (Lipinski definition) is 2. The standard InChI is InChI=1S/2C10H24P2.2CH4S.F6P.Tc/c2*1-5-11(6-2)9-10-12(7-3)8-4;2*1-2;1-7(2,3,4,5)6;/h2*5-10H2,1-4H3;2*2H,1H3;;/q;;;;-1;/p-2. The van der Waals surface area contributed by atoms with Gasteiger partial charge in [-0.15, -0.1) is 31.7 Å². The zero-order chi connectivity index (χ0) is 29.2. The minimum atomic E-state index is -10.7. The van der Waals surface area contributed by atoms with Gasteiger partial charge < -0.3 is 25.3 Å². The minimum absolute atomic E-state index is 0. The first-order chi connectivity index (χ1) is 16.0. The van der Waals surface area contributed by atoms with Gasteiger partial charge in [-0.3, -0.25) is 0 Å². The van der Waals surface area contributed by atoms with Gasteiger partial charge >= 0.3 is 33.0 Å². The monoisotopic (exact) mass is 748 g/mol. The second kappa shape index (κ2) is 29.6. The van der Waals surface area contributed by atoms with Gasteiger partial charge in [0.1, 0.15) is 0 Å². The van der Waals surface area contributed by atoms with E-state index in [0.29, 0.717) is 31.7 Å². The van der Waals surface area contributed by atoms with Crippen LogP contribution in [0.4, 0.5) is 25.2 Å². The normalized spacial score (nSPS) is 12.5. The summed E-state index contributed by atoms with van der Waals surface area (Å²) in [6, 6.07) is 0. The van der Waals surface area contributed by atoms with Crippen molar-refractivity contribution in [2.24, 2.45) is 0 Å². The quantitative estimate of drug-likeness (QED) is 0.0985. The average molecular weight is 750 g/mol. The van der Waals surface area contributed by atoms with Crippen LogP contribution in [-0.4, -0.2) is 86.5 Å². The van der Waals surface area contributed by atoms with Crippen molar-refractivity contribution in [2.75, 3.05) is 86.5 Å². The van der Waals surface area contributed by atoms with Crippen molar-refractivity contribution in [1.82, 2.24) is 0 Å². The summed E-state index contributed by atoms with van der Waals surface area (Å²) in [5.41, 5.74) is 0. The third-order valence-electron chi connectivity index (χ3n) is 5.04. The first-order valence-electron chi connectivity index (χ1n) is 12.3. The third kappa shape index (κ3) is 57.1. The molecule has 1 radical (unpaired) electrons. The van der Waals surface area contributed by atoms with E-state index in [1.165, 1.54) is 49.3 Å². The van der Waals surface area contributed by atoms with E-state index in [1.54, 1.807) is 37.2 Å². The molecule has 0 N–H and O–H groups in total. The Labute approximate surface area is 250 Å². The summed E-state index contributed by atoms with van der Waals surface area (Å²) in [5.74, 6) is 0. The predicted octanol–water partition coefficient (Wildman–Crippen LogP) is 11.8. The van der Waals surface area contributed by atoms with Gasteiger partial charge in [0.25, 0.3) is 0 Å². The second-order valence-corrected chi connectivity index (χ2v) is 21.2. The molecule has 0 aromatic carbocycles. The molecule has 0 bridgehead atoms. The molecule has 0 unspecified atom stereocenters. The zero-order valence-electron chi connectivity index (χ0n) is 24.2. The maximum Gasteiger partial charge on any atom is 0 e. The molecule has 0 aliphatic rings. The topological polar surface area (TPSA) is 0 Å². The van der Waals surface area contributed by atoms with Crippen LogP contribution in [0, 0.1) is 0 Å². The first-order valence-corrected chi connectivity index (χ1v) is 23.5. The molecule has 0 spiro atoms. The Bertz CT molecular complexity index is 349. The summed E-state index contributed by atoms with van der Waals surface area (Å²) in [6.07, 6.45) is 20.9. The molecule has 0 atom stereocenters. The van der Waals surface area contributed by atoms with E-state index >= 15 is 0 Å². The molecule has 0 heterocycles. The largest absolute Gasteiger partial charge is 0 e. The molecule has 0 aromatic heterocycles. The zero-order valence-corrected chi connectivity index (χ0v) is 32.1. The maximum absolute atomic E-state index is 10.7. The number of rotatable bonds is 14. The minimum Gasteiger partial charge on any atom is 0 e. The summed E-state index contributed by atoms with van der Waals surface area (Å²) in [6.45, 7) is 18.9. The molecule has 0 saturated carbocycles. The molecule has 0 aliphatic carbocycles. The van der Waals surface area contributed by atoms with Crippen LogP contribution in [-0.2, 0) is 45.4 Å². The fourth-order valence-corrected chi connectivity index (χ4v) is 11.6. The second-order valence-electron chi connectivity index (χ2n) is 7.07. The van der Waals surface area contributed by atoms with Crippen LogP contribution in [0.5, 0.6) is 0 Å². The van der Waals surface area contributed by atoms with Crippen LogP contribution >= 0.6 is 39.5 Å². The van der Waals surface area contributed by atoms with Gasteiger partial charge in [-0.05, 0) is 73.9 Å². The van der Waals surface area contributed by atoms with Crippen molar-refractivity contribution in [3.63, 3.8) is 0 Å². The van der Waals surface area contributed by atoms with Gasteiger partial charge in [0.05, 0.1) is 0 Å². The van der Waals surface area contributed by atoms with Crippen LogP contribution in [0.25, 0.3) is 0 Å². The Hall–Kier alpha value is 3.08. The molecule has 0 saturated heterocycles. The summed E-state index contributed by atoms with van der Waals surface area (Å²) in [7, 11) is -8.99. The molecule has 231 valence electrons. The molecule has 0 amide bonds. The predicted molar refractivity (Wildman–Crippen MR) is 172 cm³/mol. The molecule has 14 heteroatoms. The van der Waals surface area contributed by atoms with Gasteiger partial charge in [-0.2, -0.15) is 12.5 Å². The van der Waals surface area contributed by atoms with Crippen molar-refractivity contribution < 1.29 is 45.3 Å². The van der Waals surface area contributed by atoms with Crippen molar-refractivity contribution in [2.45, 2.75) is 55.4 Å². The summed E-state index contributed by atoms with van der Waals surface area (Å²) < 4.78 is 59.2. The van der Waals surface area contributed by atoms with Crippen LogP contribution in [0.1, 0.15) is 55.4 Å². The van der Waals surface area contributed by atoms with Gasteiger partial charge in [0, 0.05) is 20.1 Å². The molecule has 0 nitrogen and oxygen atoms in total. The van der Waals surface area contributed by atoms with Crippen LogP contribution in [0.2, 0.25) is 0 Å². The summed E-state index contributed by atoms with van der Waals surface area (Å²) in [4.78, 5) is 0. The van der Waals surface area contributed by atoms with Crippen LogP contribution < -0.4 is 0 Å². The van der Waals surface area contributed by atoms with E-state index < -0.39 is 7.81 Å². The SMILES string of the molecule is CCP(CC)CCP(CC)CC.CCP(CC)CCP(CC)CC.C[S-].C[S-].F[P-](F)(F)(F)(F)F.[Tc]. The maximum atomic E-state index is 9.87. The Balaban J connectivity index is -0.0000000887. The van der Waals surface area contributed by atoms with Crippen molar-refractivity contribution in [3.8, 4) is 0 Å². The van der Waals surface area contributed by atoms with Crippen LogP contribution in [0.15, 0.2) is 0 Å². The Morgan fingerprint density at radius 2 is 0.472 bits per heavy atom. The molecular formula is C22H54F6P5S2Tc-3. The van der Waals surface area contributed by atoms with Gasteiger partial charge in [-0.1, -0.05) is 55.4 Å². The van der Waals surface area contributed by atoms with E-state index in [-0.39, 0.29) is 20.1 Å². The third-order valence-corrected chi connectivity index (χ3v) is 16.3. The Morgan fingerprint density at radius 1 is 0.389 bits per heavy atom. The van der Waals surface area contributed by atoms with Crippen molar-refractivity contribution in [3.05, 3.63) is 0 Å². The molecule has 0 rings (SSSR count). The number of halogens is 6. The Kier molecular flexibility index (Phi) is 42.5. The van der Waals surface area contributed by atoms with Crippen molar-refractivity contribution in [1.29, 1.82) is 0 Å². The van der Waals surface area contributed by atoms with Crippen molar-refractivity contribution >= 4 is 64.8 Å². The molecule has 0 fully saturated rings. The number of hydrogen-bond donors (Lipinski definition) is 0. The molecule has 0 aromatic rings. The van der Waals surface area contributed by atoms with E-state index in [2.05, 4.69) is 80.6 Å². The van der Waals surface area contributed by atoms with Crippen LogP contribution in [0.3, 0.4) is 0 Å². The average Bonchev–Trinajstić information content (AvgIpc) is 2.81. The van der Waals surface area contributed by atoms with E-state index in [1.807, 2.05) is 0 Å². The van der Waals surface area contributed by atoms with Gasteiger partial charge in [0.15, 0.2) is 0 Å². The van der Waals surface area contributed by atoms with E-state index in [9.17, 15) is 25.2 Å². The molecular weight excluding hydrogens is 695 g/mol.